The van der Waals surface area contributed by atoms with Crippen molar-refractivity contribution < 1.29 is 17.9 Å². The van der Waals surface area contributed by atoms with E-state index in [-0.39, 0.29) is 17.9 Å². The molecule has 0 aliphatic heterocycles. The van der Waals surface area contributed by atoms with Crippen LogP contribution >= 0.6 is 11.6 Å². The summed E-state index contributed by atoms with van der Waals surface area (Å²) in [7, 11) is -3.86. The number of sulfone groups is 1. The molecule has 0 saturated heterocycles. The number of rotatable bonds is 6. The van der Waals surface area contributed by atoms with Gasteiger partial charge in [0.2, 0.25) is 0 Å². The van der Waals surface area contributed by atoms with Crippen molar-refractivity contribution in [3.63, 3.8) is 0 Å². The molecule has 0 heterocycles. The zero-order valence-electron chi connectivity index (χ0n) is 13.5. The number of ether oxygens (including phenoxy) is 1. The molecule has 0 bridgehead atoms. The van der Waals surface area contributed by atoms with E-state index in [4.69, 9.17) is 16.3 Å². The van der Waals surface area contributed by atoms with E-state index in [1.165, 1.54) is 12.1 Å². The second kappa shape index (κ2) is 7.81. The fourth-order valence-corrected chi connectivity index (χ4v) is 3.98. The minimum atomic E-state index is -3.86. The van der Waals surface area contributed by atoms with Gasteiger partial charge in [-0.05, 0) is 43.7 Å². The number of aryl methyl sites for hydroxylation is 1. The van der Waals surface area contributed by atoms with Gasteiger partial charge in [-0.1, -0.05) is 41.4 Å². The van der Waals surface area contributed by atoms with Gasteiger partial charge in [-0.2, -0.15) is 0 Å². The highest BCUT2D eigenvalue weighted by atomic mass is 35.5. The minimum absolute atomic E-state index is 0.0339. The van der Waals surface area contributed by atoms with Gasteiger partial charge < -0.3 is 4.74 Å². The average Bonchev–Trinajstić information content (AvgIpc) is 2.54. The Morgan fingerprint density at radius 3 is 2.21 bits per heavy atom. The van der Waals surface area contributed by atoms with E-state index in [9.17, 15) is 13.2 Å². The van der Waals surface area contributed by atoms with Crippen molar-refractivity contribution in [1.82, 2.24) is 0 Å². The first-order chi connectivity index (χ1) is 11.3. The van der Waals surface area contributed by atoms with Crippen LogP contribution in [-0.4, -0.2) is 26.2 Å². The van der Waals surface area contributed by atoms with Gasteiger partial charge in [0.05, 0.1) is 11.5 Å². The molecular weight excluding hydrogens is 348 g/mol. The van der Waals surface area contributed by atoms with Crippen LogP contribution in [0, 0.1) is 6.92 Å². The lowest BCUT2D eigenvalue weighted by molar-refractivity contribution is -0.142. The summed E-state index contributed by atoms with van der Waals surface area (Å²) in [5, 5.41) is -0.742. The number of carbonyl (C=O) groups excluding carboxylic acids is 1. The molecule has 2 rings (SSSR count). The Morgan fingerprint density at radius 1 is 1.08 bits per heavy atom. The summed E-state index contributed by atoms with van der Waals surface area (Å²) in [6.07, 6.45) is 0.0339. The van der Waals surface area contributed by atoms with E-state index >= 15 is 0 Å². The smallest absolute Gasteiger partial charge is 0.325 e. The van der Waals surface area contributed by atoms with Gasteiger partial charge in [-0.3, -0.25) is 4.79 Å². The van der Waals surface area contributed by atoms with Crippen molar-refractivity contribution in [2.45, 2.75) is 30.4 Å². The summed E-state index contributed by atoms with van der Waals surface area (Å²) < 4.78 is 30.8. The summed E-state index contributed by atoms with van der Waals surface area (Å²) >= 11 is 5.85. The van der Waals surface area contributed by atoms with Crippen molar-refractivity contribution in [3.8, 4) is 0 Å². The Kier molecular flexibility index (Phi) is 6.02. The molecular formula is C18H19ClO4S. The second-order valence-electron chi connectivity index (χ2n) is 5.43. The molecule has 0 aliphatic rings. The number of halogens is 1. The first kappa shape index (κ1) is 18.5. The fourth-order valence-electron chi connectivity index (χ4n) is 2.28. The number of benzene rings is 2. The molecule has 1 atom stereocenters. The van der Waals surface area contributed by atoms with E-state index < -0.39 is 21.1 Å². The van der Waals surface area contributed by atoms with Gasteiger partial charge >= 0.3 is 5.97 Å². The summed E-state index contributed by atoms with van der Waals surface area (Å²) in [4.78, 5) is 12.4. The van der Waals surface area contributed by atoms with E-state index in [1.54, 1.807) is 43.3 Å². The van der Waals surface area contributed by atoms with Crippen molar-refractivity contribution in [2.24, 2.45) is 0 Å². The number of esters is 1. The predicted octanol–water partition coefficient (Wildman–Crippen LogP) is 3.60. The van der Waals surface area contributed by atoms with E-state index in [0.29, 0.717) is 10.6 Å². The maximum Gasteiger partial charge on any atom is 0.325 e. The molecule has 2 aromatic rings. The molecule has 0 amide bonds. The molecule has 2 aromatic carbocycles. The molecule has 0 spiro atoms. The highest BCUT2D eigenvalue weighted by Crippen LogP contribution is 2.22. The second-order valence-corrected chi connectivity index (χ2v) is 8.00. The van der Waals surface area contributed by atoms with Crippen LogP contribution in [0.2, 0.25) is 5.02 Å². The number of hydrogen-bond acceptors (Lipinski definition) is 4. The Hall–Kier alpha value is -1.85. The fraction of sp³-hybridized carbons (Fsp3) is 0.278. The van der Waals surface area contributed by atoms with E-state index in [1.807, 2.05) is 6.92 Å². The maximum absolute atomic E-state index is 12.9. The summed E-state index contributed by atoms with van der Waals surface area (Å²) in [6, 6.07) is 13.2. The third-order valence-corrected chi connectivity index (χ3v) is 5.90. The quantitative estimate of drug-likeness (QED) is 0.733. The zero-order valence-corrected chi connectivity index (χ0v) is 15.1. The Labute approximate surface area is 147 Å². The van der Waals surface area contributed by atoms with Gasteiger partial charge in [0.1, 0.15) is 0 Å². The molecule has 0 aromatic heterocycles. The van der Waals surface area contributed by atoms with Gasteiger partial charge in [-0.15, -0.1) is 0 Å². The molecule has 0 saturated carbocycles. The predicted molar refractivity (Wildman–Crippen MR) is 93.9 cm³/mol. The van der Waals surface area contributed by atoms with Crippen LogP contribution in [0.25, 0.3) is 0 Å². The molecule has 4 nitrogen and oxygen atoms in total. The molecule has 0 N–H and O–H groups in total. The van der Waals surface area contributed by atoms with Crippen molar-refractivity contribution in [2.75, 3.05) is 6.61 Å². The molecule has 24 heavy (non-hydrogen) atoms. The third-order valence-electron chi connectivity index (χ3n) is 3.61. The summed E-state index contributed by atoms with van der Waals surface area (Å²) in [6.45, 7) is 3.64. The first-order valence-electron chi connectivity index (χ1n) is 7.56. The number of carbonyl (C=O) groups is 1. The zero-order chi connectivity index (χ0) is 17.7. The van der Waals surface area contributed by atoms with E-state index in [0.717, 1.165) is 5.56 Å². The first-order valence-corrected chi connectivity index (χ1v) is 9.48. The average molecular weight is 367 g/mol. The standard InChI is InChI=1S/C18H19ClO4S/c1-3-23-18(20)17(12-14-6-8-15(19)9-7-14)24(21,22)16-10-4-13(2)5-11-16/h4-11,17H,3,12H2,1-2H3. The lowest BCUT2D eigenvalue weighted by Crippen LogP contribution is -2.34. The van der Waals surface area contributed by atoms with Crippen LogP contribution in [0.4, 0.5) is 0 Å². The van der Waals surface area contributed by atoms with Crippen LogP contribution in [0.3, 0.4) is 0 Å². The molecule has 128 valence electrons. The lowest BCUT2D eigenvalue weighted by atomic mass is 10.1. The number of hydrogen-bond donors (Lipinski definition) is 0. The van der Waals surface area contributed by atoms with Crippen LogP contribution in [0.1, 0.15) is 18.1 Å². The SMILES string of the molecule is CCOC(=O)C(Cc1ccc(Cl)cc1)S(=O)(=O)c1ccc(C)cc1. The van der Waals surface area contributed by atoms with Crippen LogP contribution in [0.15, 0.2) is 53.4 Å². The third kappa shape index (κ3) is 4.36. The Balaban J connectivity index is 2.39. The van der Waals surface area contributed by atoms with Crippen molar-refractivity contribution >= 4 is 27.4 Å². The highest BCUT2D eigenvalue weighted by Gasteiger charge is 2.35. The van der Waals surface area contributed by atoms with Gasteiger partial charge in [-0.25, -0.2) is 8.42 Å². The van der Waals surface area contributed by atoms with Gasteiger partial charge in [0.25, 0.3) is 0 Å². The topological polar surface area (TPSA) is 60.4 Å². The van der Waals surface area contributed by atoms with Crippen LogP contribution in [-0.2, 0) is 25.8 Å². The Morgan fingerprint density at radius 2 is 1.67 bits per heavy atom. The minimum Gasteiger partial charge on any atom is -0.465 e. The normalized spacial score (nSPS) is 12.6. The largest absolute Gasteiger partial charge is 0.465 e. The van der Waals surface area contributed by atoms with Gasteiger partial charge in [0, 0.05) is 11.4 Å². The molecule has 0 fully saturated rings. The van der Waals surface area contributed by atoms with Crippen LogP contribution < -0.4 is 0 Å². The monoisotopic (exact) mass is 366 g/mol. The molecule has 6 heteroatoms. The van der Waals surface area contributed by atoms with Crippen LogP contribution in [0.5, 0.6) is 0 Å². The molecule has 0 radical (unpaired) electrons. The van der Waals surface area contributed by atoms with Gasteiger partial charge in [0.15, 0.2) is 15.1 Å². The summed E-state index contributed by atoms with van der Waals surface area (Å²) in [5.41, 5.74) is 1.65. The Bertz CT molecular complexity index is 796. The lowest BCUT2D eigenvalue weighted by Gasteiger charge is -2.17. The van der Waals surface area contributed by atoms with Crippen molar-refractivity contribution in [1.29, 1.82) is 0 Å². The van der Waals surface area contributed by atoms with E-state index in [2.05, 4.69) is 0 Å². The van der Waals surface area contributed by atoms with Crippen molar-refractivity contribution in [3.05, 3.63) is 64.7 Å². The molecule has 0 aliphatic carbocycles. The highest BCUT2D eigenvalue weighted by molar-refractivity contribution is 7.92. The maximum atomic E-state index is 12.9. The summed E-state index contributed by atoms with van der Waals surface area (Å²) in [5.74, 6) is -0.743. The molecule has 1 unspecified atom stereocenters.